The van der Waals surface area contributed by atoms with E-state index in [1.54, 1.807) is 36.3 Å². The highest BCUT2D eigenvalue weighted by atomic mass is 35.5. The number of benzene rings is 1. The molecule has 0 atom stereocenters. The number of hydrogen-bond acceptors (Lipinski definition) is 4. The predicted molar refractivity (Wildman–Crippen MR) is 104 cm³/mol. The molecule has 2 amide bonds. The number of halogens is 1. The van der Waals surface area contributed by atoms with E-state index in [2.05, 4.69) is 0 Å². The van der Waals surface area contributed by atoms with E-state index < -0.39 is 0 Å². The molecule has 0 radical (unpaired) electrons. The smallest absolute Gasteiger partial charge is 0.246 e. The summed E-state index contributed by atoms with van der Waals surface area (Å²) in [6.07, 6.45) is 4.67. The van der Waals surface area contributed by atoms with Gasteiger partial charge in [-0.1, -0.05) is 11.6 Å². The van der Waals surface area contributed by atoms with E-state index in [1.807, 2.05) is 4.90 Å². The van der Waals surface area contributed by atoms with Crippen LogP contribution in [-0.4, -0.2) is 68.1 Å². The second kappa shape index (κ2) is 9.24. The lowest BCUT2D eigenvalue weighted by atomic mass is 9.95. The highest BCUT2D eigenvalue weighted by molar-refractivity contribution is 6.30. The zero-order valence-electron chi connectivity index (χ0n) is 15.5. The van der Waals surface area contributed by atoms with Crippen molar-refractivity contribution in [2.75, 3.05) is 46.5 Å². The average Bonchev–Trinajstić information content (AvgIpc) is 2.72. The fourth-order valence-corrected chi connectivity index (χ4v) is 3.67. The molecule has 1 aromatic carbocycles. The molecule has 2 fully saturated rings. The summed E-state index contributed by atoms with van der Waals surface area (Å²) in [5.41, 5.74) is 0.760. The Bertz CT molecular complexity index is 708. The number of hydrogen-bond donors (Lipinski definition) is 0. The monoisotopic (exact) mass is 392 g/mol. The van der Waals surface area contributed by atoms with E-state index in [-0.39, 0.29) is 17.7 Å². The molecule has 0 bridgehead atoms. The first kappa shape index (κ1) is 19.7. The minimum Gasteiger partial charge on any atom is -0.496 e. The molecule has 2 heterocycles. The number of piperidine rings is 1. The van der Waals surface area contributed by atoms with Crippen LogP contribution in [0.2, 0.25) is 5.02 Å². The number of carbonyl (C=O) groups excluding carboxylic acids is 2. The Balaban J connectivity index is 1.54. The second-order valence-electron chi connectivity index (χ2n) is 6.76. The van der Waals surface area contributed by atoms with Gasteiger partial charge in [0.05, 0.1) is 20.3 Å². The van der Waals surface area contributed by atoms with Gasteiger partial charge in [-0.05, 0) is 37.1 Å². The third kappa shape index (κ3) is 5.02. The van der Waals surface area contributed by atoms with Gasteiger partial charge in [0.25, 0.3) is 0 Å². The standard InChI is InChI=1S/C20H25ClN2O4/c1-26-18-4-3-17(21)14-16(18)2-5-19(24)22-8-6-15(7-9-22)20(25)23-10-12-27-13-11-23/h2-5,14-15H,6-13H2,1H3/b5-2+. The molecular formula is C20H25ClN2O4. The van der Waals surface area contributed by atoms with Crippen LogP contribution in [0.15, 0.2) is 24.3 Å². The SMILES string of the molecule is COc1ccc(Cl)cc1/C=C/C(=O)N1CCC(C(=O)N2CCOCC2)CC1. The van der Waals surface area contributed by atoms with Crippen LogP contribution in [0.3, 0.4) is 0 Å². The molecular weight excluding hydrogens is 368 g/mol. The fraction of sp³-hybridized carbons (Fsp3) is 0.500. The Morgan fingerprint density at radius 1 is 1.15 bits per heavy atom. The van der Waals surface area contributed by atoms with Crippen molar-refractivity contribution in [1.82, 2.24) is 9.80 Å². The molecule has 7 heteroatoms. The van der Waals surface area contributed by atoms with Crippen LogP contribution in [0.1, 0.15) is 18.4 Å². The number of likely N-dealkylation sites (tertiary alicyclic amines) is 1. The van der Waals surface area contributed by atoms with Gasteiger partial charge >= 0.3 is 0 Å². The first-order valence-electron chi connectivity index (χ1n) is 9.25. The van der Waals surface area contributed by atoms with E-state index >= 15 is 0 Å². The Morgan fingerprint density at radius 2 is 1.85 bits per heavy atom. The Kier molecular flexibility index (Phi) is 6.74. The van der Waals surface area contributed by atoms with Crippen molar-refractivity contribution in [3.8, 4) is 5.75 Å². The fourth-order valence-electron chi connectivity index (χ4n) is 3.49. The van der Waals surface area contributed by atoms with Crippen molar-refractivity contribution in [3.05, 3.63) is 34.9 Å². The first-order valence-corrected chi connectivity index (χ1v) is 9.63. The van der Waals surface area contributed by atoms with Crippen LogP contribution in [0.5, 0.6) is 5.75 Å². The lowest BCUT2D eigenvalue weighted by molar-refractivity contribution is -0.142. The normalized spacial score (nSPS) is 18.7. The number of methoxy groups -OCH3 is 1. The molecule has 2 saturated heterocycles. The molecule has 146 valence electrons. The van der Waals surface area contributed by atoms with Crippen LogP contribution in [0, 0.1) is 5.92 Å². The summed E-state index contributed by atoms with van der Waals surface area (Å²) >= 11 is 6.02. The zero-order valence-corrected chi connectivity index (χ0v) is 16.3. The van der Waals surface area contributed by atoms with Crippen molar-refractivity contribution >= 4 is 29.5 Å². The average molecular weight is 393 g/mol. The number of morpholine rings is 1. The Labute approximate surface area is 164 Å². The maximum absolute atomic E-state index is 12.6. The van der Waals surface area contributed by atoms with Gasteiger partial charge in [0, 0.05) is 48.8 Å². The Hall–Kier alpha value is -2.05. The topological polar surface area (TPSA) is 59.1 Å². The lowest BCUT2D eigenvalue weighted by Crippen LogP contribution is -2.47. The van der Waals surface area contributed by atoms with Gasteiger partial charge in [0.15, 0.2) is 0 Å². The highest BCUT2D eigenvalue weighted by Gasteiger charge is 2.30. The van der Waals surface area contributed by atoms with E-state index in [4.69, 9.17) is 21.1 Å². The number of carbonyl (C=O) groups is 2. The summed E-state index contributed by atoms with van der Waals surface area (Å²) in [6, 6.07) is 5.28. The molecule has 6 nitrogen and oxygen atoms in total. The van der Waals surface area contributed by atoms with Crippen molar-refractivity contribution in [2.45, 2.75) is 12.8 Å². The van der Waals surface area contributed by atoms with Crippen molar-refractivity contribution in [1.29, 1.82) is 0 Å². The van der Waals surface area contributed by atoms with Gasteiger partial charge in [-0.3, -0.25) is 9.59 Å². The molecule has 27 heavy (non-hydrogen) atoms. The van der Waals surface area contributed by atoms with Gasteiger partial charge in [-0.2, -0.15) is 0 Å². The van der Waals surface area contributed by atoms with Gasteiger partial charge in [0.2, 0.25) is 11.8 Å². The van der Waals surface area contributed by atoms with E-state index in [1.165, 1.54) is 6.08 Å². The number of rotatable bonds is 4. The second-order valence-corrected chi connectivity index (χ2v) is 7.19. The quantitative estimate of drug-likeness (QED) is 0.738. The van der Waals surface area contributed by atoms with Crippen LogP contribution in [0.4, 0.5) is 0 Å². The van der Waals surface area contributed by atoms with Gasteiger partial charge in [-0.25, -0.2) is 0 Å². The van der Waals surface area contributed by atoms with E-state index in [0.717, 1.165) is 5.56 Å². The molecule has 0 unspecified atom stereocenters. The summed E-state index contributed by atoms with van der Waals surface area (Å²) in [7, 11) is 1.58. The summed E-state index contributed by atoms with van der Waals surface area (Å²) in [4.78, 5) is 28.7. The molecule has 0 N–H and O–H groups in total. The molecule has 3 rings (SSSR count). The minimum atomic E-state index is -0.0608. The third-order valence-corrected chi connectivity index (χ3v) is 5.31. The molecule has 0 aliphatic carbocycles. The van der Waals surface area contributed by atoms with Gasteiger partial charge in [-0.15, -0.1) is 0 Å². The maximum atomic E-state index is 12.6. The lowest BCUT2D eigenvalue weighted by Gasteiger charge is -2.35. The van der Waals surface area contributed by atoms with Crippen LogP contribution < -0.4 is 4.74 Å². The summed E-state index contributed by atoms with van der Waals surface area (Å²) < 4.78 is 10.6. The van der Waals surface area contributed by atoms with Crippen LogP contribution in [-0.2, 0) is 14.3 Å². The van der Waals surface area contributed by atoms with Crippen LogP contribution >= 0.6 is 11.6 Å². The highest BCUT2D eigenvalue weighted by Crippen LogP contribution is 2.24. The van der Waals surface area contributed by atoms with Gasteiger partial charge < -0.3 is 19.3 Å². The first-order chi connectivity index (χ1) is 13.1. The minimum absolute atomic E-state index is 0.00385. The molecule has 0 aromatic heterocycles. The number of nitrogens with zero attached hydrogens (tertiary/aromatic N) is 2. The predicted octanol–water partition coefficient (Wildman–Crippen LogP) is 2.46. The number of amides is 2. The third-order valence-electron chi connectivity index (χ3n) is 5.08. The molecule has 2 aliphatic heterocycles. The Morgan fingerprint density at radius 3 is 2.52 bits per heavy atom. The zero-order chi connectivity index (χ0) is 19.2. The maximum Gasteiger partial charge on any atom is 0.246 e. The van der Waals surface area contributed by atoms with E-state index in [9.17, 15) is 9.59 Å². The van der Waals surface area contributed by atoms with Crippen molar-refractivity contribution in [3.63, 3.8) is 0 Å². The molecule has 0 saturated carbocycles. The molecule has 0 spiro atoms. The molecule has 2 aliphatic rings. The number of ether oxygens (including phenoxy) is 2. The summed E-state index contributed by atoms with van der Waals surface area (Å²) in [5.74, 6) is 0.807. The largest absolute Gasteiger partial charge is 0.496 e. The van der Waals surface area contributed by atoms with E-state index in [0.29, 0.717) is 63.0 Å². The molecule has 1 aromatic rings. The summed E-state index contributed by atoms with van der Waals surface area (Å²) in [5, 5.41) is 0.588. The van der Waals surface area contributed by atoms with Crippen molar-refractivity contribution < 1.29 is 19.1 Å². The van der Waals surface area contributed by atoms with Gasteiger partial charge in [0.1, 0.15) is 5.75 Å². The summed E-state index contributed by atoms with van der Waals surface area (Å²) in [6.45, 7) is 3.75. The van der Waals surface area contributed by atoms with Crippen LogP contribution in [0.25, 0.3) is 6.08 Å². The van der Waals surface area contributed by atoms with Crippen molar-refractivity contribution in [2.24, 2.45) is 5.92 Å².